The van der Waals surface area contributed by atoms with Crippen molar-refractivity contribution < 1.29 is 4.79 Å². The van der Waals surface area contributed by atoms with Gasteiger partial charge in [-0.05, 0) is 37.5 Å². The number of fused-ring (bicyclic) bond motifs is 1. The third-order valence-electron chi connectivity index (χ3n) is 3.70. The van der Waals surface area contributed by atoms with Gasteiger partial charge in [0.2, 0.25) is 5.91 Å². The Morgan fingerprint density at radius 2 is 1.95 bits per heavy atom. The second-order valence-electron chi connectivity index (χ2n) is 5.80. The SMILES string of the molecule is CCCN(CCC)C(=O)C1=Cc2ccc(C)cc2N=C(N)C1. The van der Waals surface area contributed by atoms with E-state index in [1.165, 1.54) is 0 Å². The van der Waals surface area contributed by atoms with E-state index < -0.39 is 0 Å². The number of nitrogens with two attached hydrogens (primary N) is 1. The van der Waals surface area contributed by atoms with E-state index in [1.807, 2.05) is 36.1 Å². The number of hydrogen-bond donors (Lipinski definition) is 1. The Hall–Kier alpha value is -2.10. The second-order valence-corrected chi connectivity index (χ2v) is 5.80. The highest BCUT2D eigenvalue weighted by Gasteiger charge is 2.20. The molecule has 1 aromatic rings. The van der Waals surface area contributed by atoms with Crippen LogP contribution in [0, 0.1) is 6.92 Å². The highest BCUT2D eigenvalue weighted by Crippen LogP contribution is 2.28. The molecule has 4 heteroatoms. The summed E-state index contributed by atoms with van der Waals surface area (Å²) in [6.45, 7) is 7.76. The lowest BCUT2D eigenvalue weighted by Gasteiger charge is -2.22. The number of aliphatic imine (C=N–C) groups is 1. The third kappa shape index (κ3) is 3.75. The average molecular weight is 299 g/mol. The molecular weight excluding hydrogens is 274 g/mol. The molecule has 4 nitrogen and oxygen atoms in total. The zero-order chi connectivity index (χ0) is 16.1. The van der Waals surface area contributed by atoms with Crippen LogP contribution in [0.25, 0.3) is 6.08 Å². The van der Waals surface area contributed by atoms with Crippen molar-refractivity contribution in [2.24, 2.45) is 10.7 Å². The minimum absolute atomic E-state index is 0.0790. The van der Waals surface area contributed by atoms with E-state index in [-0.39, 0.29) is 5.91 Å². The van der Waals surface area contributed by atoms with Crippen molar-refractivity contribution in [2.75, 3.05) is 13.1 Å². The molecule has 0 bridgehead atoms. The molecule has 0 aliphatic carbocycles. The van der Waals surface area contributed by atoms with E-state index in [0.29, 0.717) is 12.3 Å². The molecule has 0 aromatic heterocycles. The van der Waals surface area contributed by atoms with Crippen LogP contribution in [0.4, 0.5) is 5.69 Å². The average Bonchev–Trinajstić information content (AvgIpc) is 2.64. The molecule has 2 N–H and O–H groups in total. The lowest BCUT2D eigenvalue weighted by atomic mass is 10.0. The number of benzene rings is 1. The molecule has 1 aromatic carbocycles. The fraction of sp³-hybridized carbons (Fsp3) is 0.444. The molecule has 0 saturated heterocycles. The van der Waals surface area contributed by atoms with Crippen molar-refractivity contribution in [1.82, 2.24) is 4.90 Å². The molecule has 1 aliphatic rings. The van der Waals surface area contributed by atoms with Gasteiger partial charge in [-0.25, -0.2) is 4.99 Å². The van der Waals surface area contributed by atoms with E-state index >= 15 is 0 Å². The molecule has 0 fully saturated rings. The Bertz CT molecular complexity index is 611. The van der Waals surface area contributed by atoms with Gasteiger partial charge in [0.1, 0.15) is 5.84 Å². The van der Waals surface area contributed by atoms with Gasteiger partial charge >= 0.3 is 0 Å². The number of amides is 1. The largest absolute Gasteiger partial charge is 0.387 e. The van der Waals surface area contributed by atoms with Gasteiger partial charge in [0, 0.05) is 30.6 Å². The number of carbonyl (C=O) groups is 1. The van der Waals surface area contributed by atoms with Crippen LogP contribution in [-0.2, 0) is 4.79 Å². The third-order valence-corrected chi connectivity index (χ3v) is 3.70. The van der Waals surface area contributed by atoms with E-state index in [4.69, 9.17) is 5.73 Å². The zero-order valence-corrected chi connectivity index (χ0v) is 13.7. The Kier molecular flexibility index (Phi) is 5.36. The first-order chi connectivity index (χ1) is 10.5. The van der Waals surface area contributed by atoms with Gasteiger partial charge in [0.25, 0.3) is 0 Å². The number of amidine groups is 1. The molecule has 0 atom stereocenters. The van der Waals surface area contributed by atoms with Crippen molar-refractivity contribution >= 4 is 23.5 Å². The minimum atomic E-state index is 0.0790. The monoisotopic (exact) mass is 299 g/mol. The second kappa shape index (κ2) is 7.25. The lowest BCUT2D eigenvalue weighted by molar-refractivity contribution is -0.127. The molecule has 22 heavy (non-hydrogen) atoms. The fourth-order valence-electron chi connectivity index (χ4n) is 2.70. The predicted octanol–water partition coefficient (Wildman–Crippen LogP) is 3.42. The maximum atomic E-state index is 12.8. The van der Waals surface area contributed by atoms with Crippen molar-refractivity contribution in [3.63, 3.8) is 0 Å². The van der Waals surface area contributed by atoms with Crippen LogP contribution in [-0.4, -0.2) is 29.7 Å². The van der Waals surface area contributed by atoms with Gasteiger partial charge in [-0.15, -0.1) is 0 Å². The smallest absolute Gasteiger partial charge is 0.250 e. The zero-order valence-electron chi connectivity index (χ0n) is 13.7. The van der Waals surface area contributed by atoms with Crippen molar-refractivity contribution in [2.45, 2.75) is 40.0 Å². The molecule has 1 heterocycles. The maximum absolute atomic E-state index is 12.8. The Labute approximate surface area is 132 Å². The van der Waals surface area contributed by atoms with Crippen LogP contribution in [0.15, 0.2) is 28.8 Å². The van der Waals surface area contributed by atoms with Gasteiger partial charge in [-0.2, -0.15) is 0 Å². The minimum Gasteiger partial charge on any atom is -0.387 e. The van der Waals surface area contributed by atoms with Crippen LogP contribution in [0.1, 0.15) is 44.2 Å². The summed E-state index contributed by atoms with van der Waals surface area (Å²) in [6.07, 6.45) is 4.27. The Balaban J connectivity index is 2.36. The lowest BCUT2D eigenvalue weighted by Crippen LogP contribution is -2.34. The molecule has 0 saturated carbocycles. The van der Waals surface area contributed by atoms with Crippen molar-refractivity contribution in [3.05, 3.63) is 34.9 Å². The number of carbonyl (C=O) groups excluding carboxylic acids is 1. The molecule has 0 unspecified atom stereocenters. The van der Waals surface area contributed by atoms with Gasteiger partial charge < -0.3 is 10.6 Å². The highest BCUT2D eigenvalue weighted by atomic mass is 16.2. The number of rotatable bonds is 5. The fourth-order valence-corrected chi connectivity index (χ4v) is 2.70. The Morgan fingerprint density at radius 3 is 2.59 bits per heavy atom. The maximum Gasteiger partial charge on any atom is 0.250 e. The summed E-state index contributed by atoms with van der Waals surface area (Å²) >= 11 is 0. The van der Waals surface area contributed by atoms with Crippen molar-refractivity contribution in [1.29, 1.82) is 0 Å². The molecule has 2 rings (SSSR count). The quantitative estimate of drug-likeness (QED) is 0.905. The summed E-state index contributed by atoms with van der Waals surface area (Å²) in [5, 5.41) is 0. The molecule has 0 radical (unpaired) electrons. The van der Waals surface area contributed by atoms with Crippen LogP contribution >= 0.6 is 0 Å². The van der Waals surface area contributed by atoms with Gasteiger partial charge in [-0.3, -0.25) is 4.79 Å². The molecular formula is C18H25N3O. The summed E-state index contributed by atoms with van der Waals surface area (Å²) in [7, 11) is 0. The van der Waals surface area contributed by atoms with Crippen LogP contribution < -0.4 is 5.73 Å². The summed E-state index contributed by atoms with van der Waals surface area (Å²) < 4.78 is 0. The molecule has 1 aliphatic heterocycles. The standard InChI is InChI=1S/C18H25N3O/c1-4-8-21(9-5-2)18(22)15-11-14-7-6-13(3)10-16(14)20-17(19)12-15/h6-7,10-11H,4-5,8-9,12H2,1-3H3,(H2,19,20). The summed E-state index contributed by atoms with van der Waals surface area (Å²) in [5.74, 6) is 0.576. The van der Waals surface area contributed by atoms with Crippen LogP contribution in [0.3, 0.4) is 0 Å². The van der Waals surface area contributed by atoms with Crippen LogP contribution in [0.2, 0.25) is 0 Å². The number of nitrogens with zero attached hydrogens (tertiary/aromatic N) is 2. The number of hydrogen-bond acceptors (Lipinski definition) is 3. The first kappa shape index (κ1) is 16.3. The van der Waals surface area contributed by atoms with Gasteiger partial charge in [0.05, 0.1) is 5.69 Å². The van der Waals surface area contributed by atoms with Crippen molar-refractivity contribution in [3.8, 4) is 0 Å². The predicted molar refractivity (Wildman–Crippen MR) is 92.2 cm³/mol. The number of aryl methyl sites for hydroxylation is 1. The topological polar surface area (TPSA) is 58.7 Å². The Morgan fingerprint density at radius 1 is 1.27 bits per heavy atom. The molecule has 1 amide bonds. The van der Waals surface area contributed by atoms with E-state index in [9.17, 15) is 4.79 Å². The summed E-state index contributed by atoms with van der Waals surface area (Å²) in [5.41, 5.74) is 9.68. The van der Waals surface area contributed by atoms with Gasteiger partial charge in [0.15, 0.2) is 0 Å². The summed E-state index contributed by atoms with van der Waals surface area (Å²) in [6, 6.07) is 6.04. The van der Waals surface area contributed by atoms with Crippen LogP contribution in [0.5, 0.6) is 0 Å². The van der Waals surface area contributed by atoms with Gasteiger partial charge in [-0.1, -0.05) is 26.0 Å². The first-order valence-corrected chi connectivity index (χ1v) is 7.98. The molecule has 118 valence electrons. The highest BCUT2D eigenvalue weighted by molar-refractivity contribution is 6.05. The van der Waals surface area contributed by atoms with E-state index in [0.717, 1.165) is 48.3 Å². The first-order valence-electron chi connectivity index (χ1n) is 7.98. The van der Waals surface area contributed by atoms with E-state index in [2.05, 4.69) is 18.8 Å². The normalized spacial score (nSPS) is 13.8. The molecule has 0 spiro atoms. The summed E-state index contributed by atoms with van der Waals surface area (Å²) in [4.78, 5) is 19.2. The van der Waals surface area contributed by atoms with E-state index in [1.54, 1.807) is 0 Å².